The van der Waals surface area contributed by atoms with E-state index in [0.717, 1.165) is 6.54 Å². The number of rotatable bonds is 5. The first-order chi connectivity index (χ1) is 8.45. The highest BCUT2D eigenvalue weighted by Crippen LogP contribution is 2.04. The lowest BCUT2D eigenvalue weighted by Crippen LogP contribution is -2.60. The Morgan fingerprint density at radius 1 is 1.50 bits per heavy atom. The second-order valence-electron chi connectivity index (χ2n) is 4.97. The lowest BCUT2D eigenvalue weighted by atomic mass is 10.1. The third-order valence-corrected chi connectivity index (χ3v) is 3.10. The molecule has 0 spiro atoms. The van der Waals surface area contributed by atoms with Crippen LogP contribution in [0.3, 0.4) is 0 Å². The van der Waals surface area contributed by atoms with Crippen LogP contribution in [-0.4, -0.2) is 74.0 Å². The van der Waals surface area contributed by atoms with Crippen molar-refractivity contribution >= 4 is 11.8 Å². The molecule has 0 radical (unpaired) electrons. The molecule has 2 amide bonds. The van der Waals surface area contributed by atoms with Crippen molar-refractivity contribution in [2.24, 2.45) is 0 Å². The van der Waals surface area contributed by atoms with Crippen LogP contribution in [0.25, 0.3) is 0 Å². The number of amides is 2. The molecule has 0 aliphatic carbocycles. The van der Waals surface area contributed by atoms with Crippen molar-refractivity contribution in [2.75, 3.05) is 40.3 Å². The van der Waals surface area contributed by atoms with Gasteiger partial charge in [-0.3, -0.25) is 14.9 Å². The molecule has 1 aliphatic rings. The largest absolute Gasteiger partial charge is 0.353 e. The topological polar surface area (TPSA) is 64.7 Å². The zero-order valence-electron chi connectivity index (χ0n) is 11.7. The maximum atomic E-state index is 12.4. The number of nitrogens with one attached hydrogen (secondary N) is 2. The standard InChI is InChI=1S/C12H24N4O2/c1-5-16(9(2)8-15(3)4)12(18)10-6-14-11(17)7-13-10/h9-10,13H,5-8H2,1-4H3,(H,14,17). The van der Waals surface area contributed by atoms with Crippen LogP contribution < -0.4 is 10.6 Å². The summed E-state index contributed by atoms with van der Waals surface area (Å²) in [5.41, 5.74) is 0. The fraction of sp³-hybridized carbons (Fsp3) is 0.833. The van der Waals surface area contributed by atoms with E-state index in [1.807, 2.05) is 32.8 Å². The number of likely N-dealkylation sites (N-methyl/N-ethyl adjacent to an activating group) is 2. The minimum atomic E-state index is -0.299. The lowest BCUT2D eigenvalue weighted by Gasteiger charge is -2.34. The number of hydrogen-bond donors (Lipinski definition) is 2. The first-order valence-electron chi connectivity index (χ1n) is 6.41. The molecule has 0 bridgehead atoms. The minimum Gasteiger partial charge on any atom is -0.353 e. The second kappa shape index (κ2) is 6.70. The summed E-state index contributed by atoms with van der Waals surface area (Å²) in [7, 11) is 3.99. The van der Waals surface area contributed by atoms with Crippen LogP contribution >= 0.6 is 0 Å². The monoisotopic (exact) mass is 256 g/mol. The van der Waals surface area contributed by atoms with Crippen molar-refractivity contribution in [1.29, 1.82) is 0 Å². The van der Waals surface area contributed by atoms with Gasteiger partial charge in [0, 0.05) is 25.7 Å². The fourth-order valence-corrected chi connectivity index (χ4v) is 2.25. The molecule has 18 heavy (non-hydrogen) atoms. The highest BCUT2D eigenvalue weighted by atomic mass is 16.2. The van der Waals surface area contributed by atoms with Crippen LogP contribution in [0.4, 0.5) is 0 Å². The maximum absolute atomic E-state index is 12.4. The Bertz CT molecular complexity index is 296. The Morgan fingerprint density at radius 3 is 2.61 bits per heavy atom. The zero-order valence-corrected chi connectivity index (χ0v) is 11.7. The van der Waals surface area contributed by atoms with Crippen molar-refractivity contribution in [2.45, 2.75) is 25.9 Å². The molecule has 1 fully saturated rings. The summed E-state index contributed by atoms with van der Waals surface area (Å²) in [5.74, 6) is 0.00953. The molecule has 2 atom stereocenters. The Kier molecular flexibility index (Phi) is 5.55. The summed E-state index contributed by atoms with van der Waals surface area (Å²) in [4.78, 5) is 27.3. The van der Waals surface area contributed by atoms with E-state index in [1.54, 1.807) is 0 Å². The Morgan fingerprint density at radius 2 is 2.17 bits per heavy atom. The maximum Gasteiger partial charge on any atom is 0.241 e. The van der Waals surface area contributed by atoms with E-state index in [9.17, 15) is 9.59 Å². The minimum absolute atomic E-state index is 0.0524. The SMILES string of the molecule is CCN(C(=O)C1CNC(=O)CN1)C(C)CN(C)C. The molecule has 0 aromatic carbocycles. The van der Waals surface area contributed by atoms with Gasteiger partial charge in [0.2, 0.25) is 11.8 Å². The normalized spacial score (nSPS) is 21.6. The van der Waals surface area contributed by atoms with Gasteiger partial charge in [0.1, 0.15) is 6.04 Å². The zero-order chi connectivity index (χ0) is 13.7. The smallest absolute Gasteiger partial charge is 0.241 e. The van der Waals surface area contributed by atoms with Crippen molar-refractivity contribution in [1.82, 2.24) is 20.4 Å². The average Bonchev–Trinajstić information content (AvgIpc) is 2.29. The van der Waals surface area contributed by atoms with E-state index in [4.69, 9.17) is 0 Å². The van der Waals surface area contributed by atoms with Gasteiger partial charge in [-0.2, -0.15) is 0 Å². The number of carbonyl (C=O) groups is 2. The predicted octanol–water partition coefficient (Wildman–Crippen LogP) is -1.13. The van der Waals surface area contributed by atoms with Crippen LogP contribution in [0.15, 0.2) is 0 Å². The Labute approximate surface area is 109 Å². The molecule has 6 heteroatoms. The molecule has 1 heterocycles. The average molecular weight is 256 g/mol. The number of carbonyl (C=O) groups excluding carboxylic acids is 2. The van der Waals surface area contributed by atoms with E-state index in [1.165, 1.54) is 0 Å². The number of piperazine rings is 1. The van der Waals surface area contributed by atoms with E-state index in [-0.39, 0.29) is 30.4 Å². The molecule has 6 nitrogen and oxygen atoms in total. The molecule has 0 aromatic heterocycles. The molecule has 104 valence electrons. The first-order valence-corrected chi connectivity index (χ1v) is 6.41. The Balaban J connectivity index is 2.58. The van der Waals surface area contributed by atoms with Crippen molar-refractivity contribution in [3.05, 3.63) is 0 Å². The van der Waals surface area contributed by atoms with Gasteiger partial charge in [-0.05, 0) is 27.9 Å². The molecule has 2 unspecified atom stereocenters. The number of nitrogens with zero attached hydrogens (tertiary/aromatic N) is 2. The van der Waals surface area contributed by atoms with Gasteiger partial charge < -0.3 is 15.1 Å². The second-order valence-corrected chi connectivity index (χ2v) is 4.97. The van der Waals surface area contributed by atoms with E-state index >= 15 is 0 Å². The van der Waals surface area contributed by atoms with Crippen molar-refractivity contribution in [3.63, 3.8) is 0 Å². The van der Waals surface area contributed by atoms with Crippen LogP contribution in [0.1, 0.15) is 13.8 Å². The molecular formula is C12H24N4O2. The van der Waals surface area contributed by atoms with Gasteiger partial charge in [0.15, 0.2) is 0 Å². The van der Waals surface area contributed by atoms with Crippen LogP contribution in [0, 0.1) is 0 Å². The van der Waals surface area contributed by atoms with Crippen molar-refractivity contribution in [3.8, 4) is 0 Å². The van der Waals surface area contributed by atoms with Crippen molar-refractivity contribution < 1.29 is 9.59 Å². The summed E-state index contributed by atoms with van der Waals surface area (Å²) in [6, 6.07) is -0.135. The van der Waals surface area contributed by atoms with Crippen LogP contribution in [0.2, 0.25) is 0 Å². The van der Waals surface area contributed by atoms with E-state index in [0.29, 0.717) is 13.1 Å². The summed E-state index contributed by atoms with van der Waals surface area (Å²) >= 11 is 0. The van der Waals surface area contributed by atoms with Gasteiger partial charge in [0.25, 0.3) is 0 Å². The molecule has 1 rings (SSSR count). The Hall–Kier alpha value is -1.14. The summed E-state index contributed by atoms with van der Waals surface area (Å²) < 4.78 is 0. The molecule has 0 aromatic rings. The first kappa shape index (κ1) is 14.9. The van der Waals surface area contributed by atoms with Gasteiger partial charge >= 0.3 is 0 Å². The number of hydrogen-bond acceptors (Lipinski definition) is 4. The highest BCUT2D eigenvalue weighted by molar-refractivity contribution is 5.87. The molecule has 0 saturated carbocycles. The van der Waals surface area contributed by atoms with Gasteiger partial charge in [0.05, 0.1) is 6.54 Å². The fourth-order valence-electron chi connectivity index (χ4n) is 2.25. The third-order valence-electron chi connectivity index (χ3n) is 3.10. The van der Waals surface area contributed by atoms with Crippen LogP contribution in [-0.2, 0) is 9.59 Å². The van der Waals surface area contributed by atoms with E-state index < -0.39 is 0 Å². The summed E-state index contributed by atoms with van der Waals surface area (Å²) in [6.07, 6.45) is 0. The predicted molar refractivity (Wildman–Crippen MR) is 70.2 cm³/mol. The molecule has 1 saturated heterocycles. The quantitative estimate of drug-likeness (QED) is 0.653. The molecule has 1 aliphatic heterocycles. The van der Waals surface area contributed by atoms with Crippen LogP contribution in [0.5, 0.6) is 0 Å². The molecule has 2 N–H and O–H groups in total. The van der Waals surface area contributed by atoms with Gasteiger partial charge in [-0.25, -0.2) is 0 Å². The van der Waals surface area contributed by atoms with Gasteiger partial charge in [-0.1, -0.05) is 0 Å². The third kappa shape index (κ3) is 3.96. The van der Waals surface area contributed by atoms with Gasteiger partial charge in [-0.15, -0.1) is 0 Å². The summed E-state index contributed by atoms with van der Waals surface area (Å²) in [5, 5.41) is 5.69. The molecular weight excluding hydrogens is 232 g/mol. The highest BCUT2D eigenvalue weighted by Gasteiger charge is 2.29. The summed E-state index contributed by atoms with van der Waals surface area (Å²) in [6.45, 7) is 6.13. The lowest BCUT2D eigenvalue weighted by molar-refractivity contribution is -0.136. The van der Waals surface area contributed by atoms with E-state index in [2.05, 4.69) is 15.5 Å².